The molecule has 0 unspecified atom stereocenters. The topological polar surface area (TPSA) is 28.7 Å². The largest absolute Gasteiger partial charge is 0.339 e. The van der Waals surface area contributed by atoms with Crippen LogP contribution >= 0.6 is 0 Å². The van der Waals surface area contributed by atoms with E-state index in [9.17, 15) is 0 Å². The van der Waals surface area contributed by atoms with Gasteiger partial charge in [0.25, 0.3) is 0 Å². The van der Waals surface area contributed by atoms with Crippen LogP contribution in [0.1, 0.15) is 44.4 Å². The number of aryl methyl sites for hydroxylation is 1. The van der Waals surface area contributed by atoms with Crippen molar-refractivity contribution in [1.29, 1.82) is 5.26 Å². The summed E-state index contributed by atoms with van der Waals surface area (Å²) in [5, 5.41) is 8.87. The number of nitriles is 1. The highest BCUT2D eigenvalue weighted by Gasteiger charge is 2.06. The van der Waals surface area contributed by atoms with Gasteiger partial charge >= 0.3 is 0 Å². The van der Waals surface area contributed by atoms with E-state index < -0.39 is 0 Å². The minimum Gasteiger partial charge on any atom is -0.339 e. The Morgan fingerprint density at radius 2 is 2.23 bits per heavy atom. The summed E-state index contributed by atoms with van der Waals surface area (Å²) >= 11 is 0. The molecule has 1 rings (SSSR count). The molecule has 0 N–H and O–H groups in total. The molecule has 0 aliphatic rings. The van der Waals surface area contributed by atoms with Crippen LogP contribution in [-0.2, 0) is 6.54 Å². The van der Waals surface area contributed by atoms with Gasteiger partial charge in [-0.3, -0.25) is 0 Å². The van der Waals surface area contributed by atoms with Crippen molar-refractivity contribution in [3.63, 3.8) is 0 Å². The van der Waals surface area contributed by atoms with E-state index in [2.05, 4.69) is 33.0 Å². The van der Waals surface area contributed by atoms with Crippen LogP contribution < -0.4 is 0 Å². The van der Waals surface area contributed by atoms with Crippen molar-refractivity contribution in [2.24, 2.45) is 0 Å². The van der Waals surface area contributed by atoms with E-state index in [-0.39, 0.29) is 0 Å². The first-order valence-electron chi connectivity index (χ1n) is 4.79. The molecule has 0 amide bonds. The van der Waals surface area contributed by atoms with Gasteiger partial charge in [0.15, 0.2) is 0 Å². The molecule has 0 aliphatic carbocycles. The summed E-state index contributed by atoms with van der Waals surface area (Å²) in [4.78, 5) is 0. The third-order valence-electron chi connectivity index (χ3n) is 2.16. The second-order valence-electron chi connectivity index (χ2n) is 3.62. The van der Waals surface area contributed by atoms with Gasteiger partial charge in [-0.05, 0) is 24.0 Å². The fourth-order valence-corrected chi connectivity index (χ4v) is 1.37. The molecule has 2 heteroatoms. The summed E-state index contributed by atoms with van der Waals surface area (Å²) in [6, 6.07) is 4.21. The quantitative estimate of drug-likeness (QED) is 0.696. The molecule has 0 aromatic carbocycles. The van der Waals surface area contributed by atoms with Crippen molar-refractivity contribution in [3.8, 4) is 6.07 Å². The molecule has 0 saturated carbocycles. The van der Waals surface area contributed by atoms with Crippen molar-refractivity contribution in [1.82, 2.24) is 4.57 Å². The lowest BCUT2D eigenvalue weighted by Gasteiger charge is -2.01. The molecule has 0 fully saturated rings. The summed E-state index contributed by atoms with van der Waals surface area (Å²) < 4.78 is 2.04. The number of hydrogen-bond donors (Lipinski definition) is 0. The van der Waals surface area contributed by atoms with Gasteiger partial charge in [0.1, 0.15) is 11.8 Å². The molecule has 0 saturated heterocycles. The van der Waals surface area contributed by atoms with Gasteiger partial charge in [0.2, 0.25) is 0 Å². The Labute approximate surface area is 79.8 Å². The van der Waals surface area contributed by atoms with Gasteiger partial charge in [0.05, 0.1) is 0 Å². The average Bonchev–Trinajstić information content (AvgIpc) is 2.48. The highest BCUT2D eigenvalue weighted by atomic mass is 15.0. The van der Waals surface area contributed by atoms with E-state index in [4.69, 9.17) is 5.26 Å². The van der Waals surface area contributed by atoms with Gasteiger partial charge < -0.3 is 4.57 Å². The molecule has 2 nitrogen and oxygen atoms in total. The van der Waals surface area contributed by atoms with Gasteiger partial charge in [-0.2, -0.15) is 5.26 Å². The van der Waals surface area contributed by atoms with E-state index in [0.717, 1.165) is 18.7 Å². The minimum absolute atomic E-state index is 0.505. The van der Waals surface area contributed by atoms with Crippen LogP contribution in [0.2, 0.25) is 0 Å². The van der Waals surface area contributed by atoms with Crippen LogP contribution in [0.5, 0.6) is 0 Å². The van der Waals surface area contributed by atoms with E-state index in [1.807, 2.05) is 10.6 Å². The predicted molar refractivity (Wildman–Crippen MR) is 53.5 cm³/mol. The lowest BCUT2D eigenvalue weighted by molar-refractivity contribution is 0.672. The fourth-order valence-electron chi connectivity index (χ4n) is 1.37. The molecule has 1 heterocycles. The van der Waals surface area contributed by atoms with Crippen molar-refractivity contribution in [3.05, 3.63) is 23.5 Å². The van der Waals surface area contributed by atoms with Crippen LogP contribution in [0.3, 0.4) is 0 Å². The van der Waals surface area contributed by atoms with Gasteiger partial charge in [0, 0.05) is 12.7 Å². The summed E-state index contributed by atoms with van der Waals surface area (Å²) in [6.07, 6.45) is 3.16. The molecule has 13 heavy (non-hydrogen) atoms. The molecule has 0 aliphatic heterocycles. The van der Waals surface area contributed by atoms with E-state index in [1.54, 1.807) is 0 Å². The zero-order valence-electron chi connectivity index (χ0n) is 8.54. The Bertz CT molecular complexity index is 315. The Morgan fingerprint density at radius 1 is 1.54 bits per heavy atom. The van der Waals surface area contributed by atoms with E-state index in [0.29, 0.717) is 5.92 Å². The molecule has 0 spiro atoms. The normalized spacial score (nSPS) is 10.4. The second kappa shape index (κ2) is 4.13. The maximum absolute atomic E-state index is 8.87. The lowest BCUT2D eigenvalue weighted by atomic mass is 10.1. The summed E-state index contributed by atoms with van der Waals surface area (Å²) in [5.74, 6) is 0.505. The zero-order valence-corrected chi connectivity index (χ0v) is 8.54. The minimum atomic E-state index is 0.505. The SMILES string of the molecule is CCCn1cc(C(C)C)cc1C#N. The smallest absolute Gasteiger partial charge is 0.120 e. The molecule has 0 bridgehead atoms. The van der Waals surface area contributed by atoms with Crippen molar-refractivity contribution < 1.29 is 0 Å². The maximum Gasteiger partial charge on any atom is 0.120 e. The number of hydrogen-bond acceptors (Lipinski definition) is 1. The van der Waals surface area contributed by atoms with Gasteiger partial charge in [-0.15, -0.1) is 0 Å². The molecule has 0 radical (unpaired) electrons. The highest BCUT2D eigenvalue weighted by molar-refractivity contribution is 5.30. The summed E-state index contributed by atoms with van der Waals surface area (Å²) in [6.45, 7) is 7.35. The first kappa shape index (κ1) is 9.85. The summed E-state index contributed by atoms with van der Waals surface area (Å²) in [7, 11) is 0. The average molecular weight is 176 g/mol. The van der Waals surface area contributed by atoms with Crippen LogP contribution in [0, 0.1) is 11.3 Å². The molecule has 0 atom stereocenters. The van der Waals surface area contributed by atoms with Crippen LogP contribution in [0.4, 0.5) is 0 Å². The number of aromatic nitrogens is 1. The maximum atomic E-state index is 8.87. The molecule has 1 aromatic rings. The highest BCUT2D eigenvalue weighted by Crippen LogP contribution is 2.17. The standard InChI is InChI=1S/C11H16N2/c1-4-5-13-8-10(9(2)3)6-11(13)7-12/h6,8-9H,4-5H2,1-3H3. The zero-order chi connectivity index (χ0) is 9.84. The number of nitrogens with zero attached hydrogens (tertiary/aromatic N) is 2. The Balaban J connectivity index is 2.99. The predicted octanol–water partition coefficient (Wildman–Crippen LogP) is 2.89. The van der Waals surface area contributed by atoms with E-state index >= 15 is 0 Å². The van der Waals surface area contributed by atoms with Gasteiger partial charge in [-0.25, -0.2) is 0 Å². The number of rotatable bonds is 3. The molecular weight excluding hydrogens is 160 g/mol. The molecule has 1 aromatic heterocycles. The Kier molecular flexibility index (Phi) is 3.13. The second-order valence-corrected chi connectivity index (χ2v) is 3.62. The molecular formula is C11H16N2. The fraction of sp³-hybridized carbons (Fsp3) is 0.545. The lowest BCUT2D eigenvalue weighted by Crippen LogP contribution is -1.97. The molecule has 70 valence electrons. The van der Waals surface area contributed by atoms with Crippen molar-refractivity contribution >= 4 is 0 Å². The van der Waals surface area contributed by atoms with Crippen LogP contribution in [0.25, 0.3) is 0 Å². The first-order chi connectivity index (χ1) is 6.19. The van der Waals surface area contributed by atoms with Crippen molar-refractivity contribution in [2.45, 2.75) is 39.7 Å². The van der Waals surface area contributed by atoms with Crippen molar-refractivity contribution in [2.75, 3.05) is 0 Å². The van der Waals surface area contributed by atoms with Gasteiger partial charge in [-0.1, -0.05) is 20.8 Å². The monoisotopic (exact) mass is 176 g/mol. The van der Waals surface area contributed by atoms with Crippen LogP contribution in [0.15, 0.2) is 12.3 Å². The third-order valence-corrected chi connectivity index (χ3v) is 2.16. The van der Waals surface area contributed by atoms with Crippen LogP contribution in [-0.4, -0.2) is 4.57 Å². The Morgan fingerprint density at radius 3 is 2.69 bits per heavy atom. The van der Waals surface area contributed by atoms with E-state index in [1.165, 1.54) is 5.56 Å². The first-order valence-corrected chi connectivity index (χ1v) is 4.79. The summed E-state index contributed by atoms with van der Waals surface area (Å²) in [5.41, 5.74) is 2.04. The Hall–Kier alpha value is -1.23. The third kappa shape index (κ3) is 2.12.